The summed E-state index contributed by atoms with van der Waals surface area (Å²) in [6.45, 7) is 0. The number of nitrogens with one attached hydrogen (secondary N) is 1. The smallest absolute Gasteiger partial charge is 0.234 e. The summed E-state index contributed by atoms with van der Waals surface area (Å²) < 4.78 is 17.2. The number of hydrogen-bond donors (Lipinski definition) is 2. The molecule has 3 N–H and O–H groups in total. The topological polar surface area (TPSA) is 176 Å². The Kier molecular flexibility index (Phi) is 9.04. The highest BCUT2D eigenvalue weighted by Crippen LogP contribution is 2.52. The fourth-order valence-corrected chi connectivity index (χ4v) is 7.00. The molecular weight excluding hydrogens is 603 g/mol. The van der Waals surface area contributed by atoms with Crippen LogP contribution in [-0.2, 0) is 9.59 Å². The van der Waals surface area contributed by atoms with Crippen LogP contribution in [0.4, 0.5) is 10.8 Å². The first-order valence-electron chi connectivity index (χ1n) is 13.4. The molecule has 1 aliphatic heterocycles. The van der Waals surface area contributed by atoms with Gasteiger partial charge in [-0.15, -0.1) is 10.2 Å². The summed E-state index contributed by atoms with van der Waals surface area (Å²) >= 11 is 2.36. The number of nitrogens with two attached hydrogens (primary N) is 1. The number of rotatable bonds is 9. The number of anilines is 2. The number of para-hydroxylation sites is 1. The number of nitrogens with zero attached hydrogens (tertiary/aromatic N) is 5. The summed E-state index contributed by atoms with van der Waals surface area (Å²) in [5.41, 5.74) is 9.26. The molecule has 1 atom stereocenters. The Morgan fingerprint density at radius 1 is 1.09 bits per heavy atom. The molecule has 0 radical (unpaired) electrons. The molecule has 0 saturated carbocycles. The lowest BCUT2D eigenvalue weighted by molar-refractivity contribution is -0.116. The molecule has 0 fully saturated rings. The van der Waals surface area contributed by atoms with Crippen molar-refractivity contribution in [3.05, 3.63) is 70.2 Å². The number of ether oxygens (including phenoxy) is 3. The third-order valence-corrected chi connectivity index (χ3v) is 9.24. The third-order valence-electron chi connectivity index (χ3n) is 7.19. The molecule has 12 nitrogen and oxygen atoms in total. The second-order valence-electron chi connectivity index (χ2n) is 9.58. The van der Waals surface area contributed by atoms with E-state index in [1.165, 1.54) is 44.4 Å². The molecule has 0 bridgehead atoms. The van der Waals surface area contributed by atoms with Crippen LogP contribution in [0.1, 0.15) is 36.3 Å². The van der Waals surface area contributed by atoms with Crippen LogP contribution in [0.15, 0.2) is 63.4 Å². The maximum absolute atomic E-state index is 13.6. The standard InChI is InChI=1S/C30H27N7O5S2/c1-40-22-12-11-17(26(41-2)27(22)42-3)24-18(14-32)28(33)37(20-9-6-10-21(38)25(20)24)29-35-36-30(44-29)43-15-23(39)34-19-8-5-4-7-16(19)13-31/h4-5,7-8,11-12,24H,6,9-10,15,33H2,1-3H3,(H,34,39). The number of hydrogen-bond acceptors (Lipinski definition) is 13. The van der Waals surface area contributed by atoms with E-state index >= 15 is 0 Å². The van der Waals surface area contributed by atoms with E-state index in [0.717, 1.165) is 0 Å². The molecule has 2 aromatic carbocycles. The minimum absolute atomic E-state index is 0.0246. The molecule has 2 heterocycles. The number of methoxy groups -OCH3 is 3. The second-order valence-corrected chi connectivity index (χ2v) is 11.8. The predicted molar refractivity (Wildman–Crippen MR) is 164 cm³/mol. The van der Waals surface area contributed by atoms with Crippen LogP contribution in [-0.4, -0.2) is 49.0 Å². The Hall–Kier alpha value is -5.05. The minimum atomic E-state index is -0.796. The van der Waals surface area contributed by atoms with Crippen molar-refractivity contribution in [3.63, 3.8) is 0 Å². The Labute approximate surface area is 261 Å². The van der Waals surface area contributed by atoms with Gasteiger partial charge in [0, 0.05) is 23.3 Å². The van der Waals surface area contributed by atoms with Crippen molar-refractivity contribution in [2.75, 3.05) is 37.3 Å². The van der Waals surface area contributed by atoms with E-state index in [9.17, 15) is 20.1 Å². The zero-order valence-corrected chi connectivity index (χ0v) is 25.7. The van der Waals surface area contributed by atoms with E-state index in [-0.39, 0.29) is 28.8 Å². The summed E-state index contributed by atoms with van der Waals surface area (Å²) in [6.07, 6.45) is 1.44. The van der Waals surface area contributed by atoms with Gasteiger partial charge in [-0.05, 0) is 31.0 Å². The molecule has 1 amide bonds. The summed E-state index contributed by atoms with van der Waals surface area (Å²) in [5.74, 6) is 0.0453. The fourth-order valence-electron chi connectivity index (χ4n) is 5.32. The lowest BCUT2D eigenvalue weighted by Gasteiger charge is -2.38. The van der Waals surface area contributed by atoms with Gasteiger partial charge in [-0.1, -0.05) is 41.3 Å². The second kappa shape index (κ2) is 13.1. The Balaban J connectivity index is 1.48. The van der Waals surface area contributed by atoms with Crippen molar-refractivity contribution >= 4 is 45.6 Å². The van der Waals surface area contributed by atoms with E-state index in [4.69, 9.17) is 19.9 Å². The van der Waals surface area contributed by atoms with Crippen molar-refractivity contribution in [2.45, 2.75) is 29.5 Å². The van der Waals surface area contributed by atoms with E-state index in [1.54, 1.807) is 41.3 Å². The number of allylic oxidation sites excluding steroid dienone is 3. The van der Waals surface area contributed by atoms with Crippen molar-refractivity contribution in [3.8, 4) is 29.4 Å². The monoisotopic (exact) mass is 629 g/mol. The summed E-state index contributed by atoms with van der Waals surface area (Å²) in [5, 5.41) is 31.3. The summed E-state index contributed by atoms with van der Waals surface area (Å²) in [7, 11) is 4.47. The number of carbonyl (C=O) groups excluding carboxylic acids is 2. The van der Waals surface area contributed by atoms with E-state index < -0.39 is 5.92 Å². The molecule has 14 heteroatoms. The molecule has 2 aliphatic rings. The molecule has 44 heavy (non-hydrogen) atoms. The largest absolute Gasteiger partial charge is 0.493 e. The number of ketones is 1. The average molecular weight is 630 g/mol. The van der Waals surface area contributed by atoms with Crippen molar-refractivity contribution in [1.82, 2.24) is 10.2 Å². The zero-order chi connectivity index (χ0) is 31.4. The van der Waals surface area contributed by atoms with Gasteiger partial charge in [-0.3, -0.25) is 14.5 Å². The SMILES string of the molecule is COc1ccc(C2C(C#N)=C(N)N(c3nnc(SCC(=O)Nc4ccccc4C#N)s3)C3=C2C(=O)CCC3)c(OC)c1OC. The van der Waals surface area contributed by atoms with Crippen molar-refractivity contribution in [1.29, 1.82) is 10.5 Å². The fraction of sp³-hybridized carbons (Fsp3) is 0.267. The van der Waals surface area contributed by atoms with Gasteiger partial charge in [0.2, 0.25) is 16.8 Å². The molecule has 3 aromatic rings. The maximum atomic E-state index is 13.6. The molecule has 0 spiro atoms. The van der Waals surface area contributed by atoms with E-state index in [1.807, 2.05) is 6.07 Å². The quantitative estimate of drug-likeness (QED) is 0.318. The van der Waals surface area contributed by atoms with Gasteiger partial charge >= 0.3 is 0 Å². The van der Waals surface area contributed by atoms with Gasteiger partial charge in [-0.2, -0.15) is 10.5 Å². The van der Waals surface area contributed by atoms with Crippen LogP contribution in [0.2, 0.25) is 0 Å². The highest BCUT2D eigenvalue weighted by Gasteiger charge is 2.43. The Morgan fingerprint density at radius 2 is 1.86 bits per heavy atom. The van der Waals surface area contributed by atoms with Crippen LogP contribution in [0.5, 0.6) is 17.2 Å². The highest BCUT2D eigenvalue weighted by atomic mass is 32.2. The van der Waals surface area contributed by atoms with Gasteiger partial charge in [0.15, 0.2) is 21.6 Å². The van der Waals surface area contributed by atoms with Gasteiger partial charge in [-0.25, -0.2) is 0 Å². The molecule has 0 saturated heterocycles. The average Bonchev–Trinajstić information content (AvgIpc) is 3.51. The van der Waals surface area contributed by atoms with Crippen molar-refractivity contribution < 1.29 is 23.8 Å². The number of benzene rings is 2. The van der Waals surface area contributed by atoms with Gasteiger partial charge in [0.1, 0.15) is 11.9 Å². The van der Waals surface area contributed by atoms with E-state index in [2.05, 4.69) is 21.6 Å². The third kappa shape index (κ3) is 5.53. The number of nitriles is 2. The summed E-state index contributed by atoms with van der Waals surface area (Å²) in [4.78, 5) is 27.8. The van der Waals surface area contributed by atoms with Crippen LogP contribution in [0.25, 0.3) is 0 Å². The molecule has 1 aliphatic carbocycles. The van der Waals surface area contributed by atoms with Crippen LogP contribution >= 0.6 is 23.1 Å². The number of aromatic nitrogens is 2. The number of amides is 1. The van der Waals surface area contributed by atoms with Gasteiger partial charge in [0.05, 0.1) is 55.9 Å². The van der Waals surface area contributed by atoms with Gasteiger partial charge in [0.25, 0.3) is 0 Å². The maximum Gasteiger partial charge on any atom is 0.234 e. The Bertz CT molecular complexity index is 1790. The first-order chi connectivity index (χ1) is 21.4. The van der Waals surface area contributed by atoms with Gasteiger partial charge < -0.3 is 25.3 Å². The van der Waals surface area contributed by atoms with E-state index in [0.29, 0.717) is 74.1 Å². The molecule has 5 rings (SSSR count). The highest BCUT2D eigenvalue weighted by molar-refractivity contribution is 8.01. The van der Waals surface area contributed by atoms with Crippen LogP contribution in [0.3, 0.4) is 0 Å². The number of Topliss-reactive ketones (excluding diaryl/α,β-unsaturated/α-hetero) is 1. The Morgan fingerprint density at radius 3 is 2.57 bits per heavy atom. The molecule has 1 unspecified atom stereocenters. The number of thioether (sulfide) groups is 1. The molecule has 1 aromatic heterocycles. The lowest BCUT2D eigenvalue weighted by Crippen LogP contribution is -2.38. The lowest BCUT2D eigenvalue weighted by atomic mass is 9.75. The van der Waals surface area contributed by atoms with Crippen LogP contribution < -0.4 is 30.2 Å². The predicted octanol–water partition coefficient (Wildman–Crippen LogP) is 4.47. The first kappa shape index (κ1) is 30.4. The zero-order valence-electron chi connectivity index (χ0n) is 24.0. The summed E-state index contributed by atoms with van der Waals surface area (Å²) in [6, 6.07) is 14.5. The first-order valence-corrected chi connectivity index (χ1v) is 15.2. The normalized spacial score (nSPS) is 16.2. The van der Waals surface area contributed by atoms with Crippen molar-refractivity contribution in [2.24, 2.45) is 5.73 Å². The molecule has 224 valence electrons. The molecular formula is C30H27N7O5S2. The van der Waals surface area contributed by atoms with Crippen LogP contribution in [0, 0.1) is 22.7 Å². The minimum Gasteiger partial charge on any atom is -0.493 e. The number of carbonyl (C=O) groups is 2.